The summed E-state index contributed by atoms with van der Waals surface area (Å²) < 4.78 is 5.38. The molecule has 4 saturated carbocycles. The van der Waals surface area contributed by atoms with Crippen molar-refractivity contribution in [2.45, 2.75) is 78.6 Å². The first-order valence-corrected chi connectivity index (χ1v) is 14.0. The van der Waals surface area contributed by atoms with Crippen molar-refractivity contribution < 1.29 is 9.53 Å². The van der Waals surface area contributed by atoms with Gasteiger partial charge in [0.1, 0.15) is 5.75 Å². The highest BCUT2D eigenvalue weighted by Crippen LogP contribution is 2.68. The number of hydrogen-bond donors (Lipinski definition) is 0. The van der Waals surface area contributed by atoms with E-state index in [1.807, 2.05) is 6.07 Å². The first kappa shape index (κ1) is 22.6. The van der Waals surface area contributed by atoms with Gasteiger partial charge in [0.05, 0.1) is 7.11 Å². The number of rotatable bonds is 3. The SMILES string of the molecule is COc1ccc2cc(C(=O)[C@H]3CCC4[C@@H]5CCC6C[C@@H](C)CC[C@]6(C)C5CC[C@@]43C)ccc2c1. The Morgan fingerprint density at radius 1 is 0.853 bits per heavy atom. The Bertz CT molecular complexity index is 1100. The second kappa shape index (κ2) is 8.10. The normalized spacial score (nSPS) is 41.4. The number of hydrogen-bond acceptors (Lipinski definition) is 2. The van der Waals surface area contributed by atoms with Crippen LogP contribution in [0.4, 0.5) is 0 Å². The van der Waals surface area contributed by atoms with Crippen LogP contribution in [0.1, 0.15) is 88.9 Å². The summed E-state index contributed by atoms with van der Waals surface area (Å²) in [4.78, 5) is 13.9. The predicted octanol–water partition coefficient (Wildman–Crippen LogP) is 8.33. The average molecular weight is 459 g/mol. The van der Waals surface area contributed by atoms with E-state index in [9.17, 15) is 4.79 Å². The topological polar surface area (TPSA) is 26.3 Å². The molecule has 8 atom stereocenters. The molecule has 6 rings (SSSR count). The summed E-state index contributed by atoms with van der Waals surface area (Å²) in [5, 5.41) is 2.27. The Labute approximate surface area is 205 Å². The van der Waals surface area contributed by atoms with Crippen LogP contribution in [0, 0.1) is 46.3 Å². The lowest BCUT2D eigenvalue weighted by Crippen LogP contribution is -2.53. The molecule has 4 fully saturated rings. The largest absolute Gasteiger partial charge is 0.497 e. The summed E-state index contributed by atoms with van der Waals surface area (Å²) in [6, 6.07) is 12.4. The summed E-state index contributed by atoms with van der Waals surface area (Å²) in [6.45, 7) is 7.62. The molecule has 0 bridgehead atoms. The first-order valence-electron chi connectivity index (χ1n) is 14.0. The number of ketones is 1. The summed E-state index contributed by atoms with van der Waals surface area (Å²) in [6.07, 6.45) is 12.1. The van der Waals surface area contributed by atoms with E-state index in [1.165, 1.54) is 51.4 Å². The Morgan fingerprint density at radius 3 is 2.41 bits per heavy atom. The molecule has 2 nitrogen and oxygen atoms in total. The minimum absolute atomic E-state index is 0.179. The molecule has 0 radical (unpaired) electrons. The monoisotopic (exact) mass is 458 g/mol. The Morgan fingerprint density at radius 2 is 1.59 bits per heavy atom. The highest BCUT2D eigenvalue weighted by Gasteiger charge is 2.61. The fraction of sp³-hybridized carbons (Fsp3) is 0.656. The van der Waals surface area contributed by atoms with Gasteiger partial charge in [-0.3, -0.25) is 4.79 Å². The maximum absolute atomic E-state index is 13.9. The molecule has 3 unspecified atom stereocenters. The molecule has 0 aromatic heterocycles. The number of carbonyl (C=O) groups is 1. The van der Waals surface area contributed by atoms with Gasteiger partial charge in [0.15, 0.2) is 5.78 Å². The molecule has 2 aromatic carbocycles. The van der Waals surface area contributed by atoms with E-state index in [0.717, 1.165) is 58.1 Å². The molecule has 4 aliphatic rings. The summed E-state index contributed by atoms with van der Waals surface area (Å²) in [7, 11) is 1.70. The van der Waals surface area contributed by atoms with Gasteiger partial charge in [-0.25, -0.2) is 0 Å². The molecule has 2 aromatic rings. The number of Topliss-reactive ketones (excluding diaryl/α,β-unsaturated/α-hetero) is 1. The van der Waals surface area contributed by atoms with E-state index in [-0.39, 0.29) is 11.3 Å². The molecule has 0 heterocycles. The van der Waals surface area contributed by atoms with Gasteiger partial charge in [-0.1, -0.05) is 45.4 Å². The second-order valence-corrected chi connectivity index (χ2v) is 13.0. The molecular weight excluding hydrogens is 416 g/mol. The van der Waals surface area contributed by atoms with E-state index in [2.05, 4.69) is 51.1 Å². The number of carbonyl (C=O) groups excluding carboxylic acids is 1. The van der Waals surface area contributed by atoms with Crippen LogP contribution in [0.15, 0.2) is 36.4 Å². The van der Waals surface area contributed by atoms with Crippen molar-refractivity contribution in [3.8, 4) is 5.75 Å². The van der Waals surface area contributed by atoms with Crippen LogP contribution in [0.3, 0.4) is 0 Å². The van der Waals surface area contributed by atoms with Crippen molar-refractivity contribution in [3.63, 3.8) is 0 Å². The van der Waals surface area contributed by atoms with Crippen molar-refractivity contribution >= 4 is 16.6 Å². The van der Waals surface area contributed by atoms with Crippen molar-refractivity contribution in [2.24, 2.45) is 46.3 Å². The maximum atomic E-state index is 13.9. The third-order valence-electron chi connectivity index (χ3n) is 11.6. The van der Waals surface area contributed by atoms with Crippen LogP contribution in [0.2, 0.25) is 0 Å². The zero-order valence-corrected chi connectivity index (χ0v) is 21.6. The van der Waals surface area contributed by atoms with Gasteiger partial charge in [-0.15, -0.1) is 0 Å². The first-order chi connectivity index (χ1) is 16.3. The van der Waals surface area contributed by atoms with Crippen molar-refractivity contribution in [1.82, 2.24) is 0 Å². The molecule has 34 heavy (non-hydrogen) atoms. The smallest absolute Gasteiger partial charge is 0.166 e. The van der Waals surface area contributed by atoms with Crippen LogP contribution in [-0.2, 0) is 0 Å². The van der Waals surface area contributed by atoms with Crippen LogP contribution >= 0.6 is 0 Å². The molecule has 2 heteroatoms. The highest BCUT2D eigenvalue weighted by atomic mass is 16.5. The highest BCUT2D eigenvalue weighted by molar-refractivity contribution is 6.02. The zero-order valence-electron chi connectivity index (χ0n) is 21.6. The number of methoxy groups -OCH3 is 1. The van der Waals surface area contributed by atoms with Crippen molar-refractivity contribution in [1.29, 1.82) is 0 Å². The van der Waals surface area contributed by atoms with E-state index in [1.54, 1.807) is 7.11 Å². The zero-order chi connectivity index (χ0) is 23.7. The lowest BCUT2D eigenvalue weighted by atomic mass is 9.44. The lowest BCUT2D eigenvalue weighted by molar-refractivity contribution is -0.114. The van der Waals surface area contributed by atoms with E-state index < -0.39 is 0 Å². The molecular formula is C32H42O2. The third-order valence-corrected chi connectivity index (χ3v) is 11.6. The summed E-state index contributed by atoms with van der Waals surface area (Å²) in [5.74, 6) is 5.78. The van der Waals surface area contributed by atoms with Gasteiger partial charge in [0, 0.05) is 11.5 Å². The van der Waals surface area contributed by atoms with Gasteiger partial charge in [0.2, 0.25) is 0 Å². The quantitative estimate of drug-likeness (QED) is 0.432. The maximum Gasteiger partial charge on any atom is 0.166 e. The van der Waals surface area contributed by atoms with Crippen LogP contribution in [0.25, 0.3) is 10.8 Å². The van der Waals surface area contributed by atoms with Crippen molar-refractivity contribution in [2.75, 3.05) is 7.11 Å². The van der Waals surface area contributed by atoms with Gasteiger partial charge < -0.3 is 4.74 Å². The number of fused-ring (bicyclic) bond motifs is 6. The fourth-order valence-corrected chi connectivity index (χ4v) is 9.61. The Balaban J connectivity index is 1.26. The number of benzene rings is 2. The Hall–Kier alpha value is -1.83. The average Bonchev–Trinajstić information content (AvgIpc) is 3.20. The summed E-state index contributed by atoms with van der Waals surface area (Å²) in [5.41, 5.74) is 1.64. The minimum atomic E-state index is 0.179. The van der Waals surface area contributed by atoms with Crippen LogP contribution < -0.4 is 4.74 Å². The van der Waals surface area contributed by atoms with E-state index >= 15 is 0 Å². The van der Waals surface area contributed by atoms with Crippen molar-refractivity contribution in [3.05, 3.63) is 42.0 Å². The molecule has 0 saturated heterocycles. The van der Waals surface area contributed by atoms with Gasteiger partial charge in [0.25, 0.3) is 0 Å². The molecule has 182 valence electrons. The van der Waals surface area contributed by atoms with Gasteiger partial charge in [-0.2, -0.15) is 0 Å². The molecule has 0 amide bonds. The number of ether oxygens (including phenoxy) is 1. The minimum Gasteiger partial charge on any atom is -0.497 e. The third kappa shape index (κ3) is 3.30. The molecule has 0 aliphatic heterocycles. The van der Waals surface area contributed by atoms with E-state index in [4.69, 9.17) is 4.74 Å². The van der Waals surface area contributed by atoms with Crippen LogP contribution in [0.5, 0.6) is 5.75 Å². The molecule has 0 N–H and O–H groups in total. The lowest BCUT2D eigenvalue weighted by Gasteiger charge is -2.61. The predicted molar refractivity (Wildman–Crippen MR) is 139 cm³/mol. The van der Waals surface area contributed by atoms with Crippen LogP contribution in [-0.4, -0.2) is 12.9 Å². The van der Waals surface area contributed by atoms with E-state index in [0.29, 0.717) is 11.2 Å². The second-order valence-electron chi connectivity index (χ2n) is 13.0. The van der Waals surface area contributed by atoms with Gasteiger partial charge >= 0.3 is 0 Å². The molecule has 4 aliphatic carbocycles. The Kier molecular flexibility index (Phi) is 5.39. The van der Waals surface area contributed by atoms with Gasteiger partial charge in [-0.05, 0) is 121 Å². The summed E-state index contributed by atoms with van der Waals surface area (Å²) >= 11 is 0. The molecule has 0 spiro atoms. The fourth-order valence-electron chi connectivity index (χ4n) is 9.61. The standard InChI is InChI=1S/C32H42O2/c1-20-13-15-31(2)24(17-20)8-10-26-27-11-12-29(32(27,3)16-14-28(26)31)30(33)23-6-5-22-19-25(34-4)9-7-21(22)18-23/h5-7,9,18-20,24,26-29H,8,10-17H2,1-4H3/t20-,24?,26-,27?,28?,29+,31-,32-/m0/s1.